The van der Waals surface area contributed by atoms with E-state index in [1.165, 1.54) is 38.5 Å². The van der Waals surface area contributed by atoms with Crippen LogP contribution in [-0.2, 0) is 4.74 Å². The Morgan fingerprint density at radius 2 is 1.62 bits per heavy atom. The molecule has 4 rings (SSSR count). The summed E-state index contributed by atoms with van der Waals surface area (Å²) in [5.74, 6) is 3.51. The summed E-state index contributed by atoms with van der Waals surface area (Å²) in [6.07, 6.45) is 9.53. The van der Waals surface area contributed by atoms with E-state index in [1.807, 2.05) is 6.92 Å². The van der Waals surface area contributed by atoms with E-state index in [0.717, 1.165) is 24.2 Å². The Morgan fingerprint density at radius 1 is 1.12 bits per heavy atom. The summed E-state index contributed by atoms with van der Waals surface area (Å²) in [5.41, 5.74) is 0.473. The van der Waals surface area contributed by atoms with Crippen molar-refractivity contribution >= 4 is 5.90 Å². The fourth-order valence-electron chi connectivity index (χ4n) is 5.07. The third-order valence-electron chi connectivity index (χ3n) is 5.02. The van der Waals surface area contributed by atoms with Gasteiger partial charge in [-0.3, -0.25) is 5.41 Å². The second-order valence-corrected chi connectivity index (χ2v) is 6.45. The first-order chi connectivity index (χ1) is 7.69. The zero-order valence-electron chi connectivity index (χ0n) is 10.3. The van der Waals surface area contributed by atoms with Crippen LogP contribution in [0.25, 0.3) is 0 Å². The molecule has 4 saturated carbocycles. The lowest BCUT2D eigenvalue weighted by atomic mass is 9.49. The maximum absolute atomic E-state index is 7.90. The molecule has 0 atom stereocenters. The van der Waals surface area contributed by atoms with E-state index < -0.39 is 0 Å². The Balaban J connectivity index is 1.71. The van der Waals surface area contributed by atoms with E-state index in [4.69, 9.17) is 10.1 Å². The SMILES string of the molecule is CCOC(=N)CC12CC3CC(CC(C3)C1)C2. The van der Waals surface area contributed by atoms with Crippen LogP contribution in [0.5, 0.6) is 0 Å². The summed E-state index contributed by atoms with van der Waals surface area (Å²) in [6.45, 7) is 2.64. The maximum atomic E-state index is 7.90. The molecule has 0 aliphatic heterocycles. The molecular formula is C14H23NO. The van der Waals surface area contributed by atoms with Crippen LogP contribution in [0.1, 0.15) is 51.9 Å². The van der Waals surface area contributed by atoms with Gasteiger partial charge in [-0.15, -0.1) is 0 Å². The van der Waals surface area contributed by atoms with Crippen LogP contribution >= 0.6 is 0 Å². The topological polar surface area (TPSA) is 33.1 Å². The first kappa shape index (κ1) is 10.6. The predicted octanol–water partition coefficient (Wildman–Crippen LogP) is 3.61. The molecule has 4 aliphatic carbocycles. The van der Waals surface area contributed by atoms with Crippen LogP contribution < -0.4 is 0 Å². The van der Waals surface area contributed by atoms with E-state index in [-0.39, 0.29) is 0 Å². The van der Waals surface area contributed by atoms with E-state index >= 15 is 0 Å². The minimum Gasteiger partial charge on any atom is -0.481 e. The zero-order chi connectivity index (χ0) is 11.2. The minimum atomic E-state index is 0.473. The highest BCUT2D eigenvalue weighted by atomic mass is 16.5. The molecule has 90 valence electrons. The fourth-order valence-corrected chi connectivity index (χ4v) is 5.07. The molecule has 2 nitrogen and oxygen atoms in total. The molecule has 0 radical (unpaired) electrons. The standard InChI is InChI=1S/C14H23NO/c1-2-16-13(15)9-14-6-10-3-11(7-14)5-12(4-10)8-14/h10-12,15H,2-9H2,1H3. The molecule has 0 unspecified atom stereocenters. The normalized spacial score (nSPS) is 44.7. The van der Waals surface area contributed by atoms with E-state index in [0.29, 0.717) is 17.9 Å². The number of rotatable bonds is 3. The van der Waals surface area contributed by atoms with Crippen LogP contribution in [0.2, 0.25) is 0 Å². The van der Waals surface area contributed by atoms with Gasteiger partial charge < -0.3 is 4.74 Å². The third-order valence-corrected chi connectivity index (χ3v) is 5.02. The molecule has 16 heavy (non-hydrogen) atoms. The summed E-state index contributed by atoms with van der Waals surface area (Å²) in [5, 5.41) is 7.90. The van der Waals surface area contributed by atoms with Crippen molar-refractivity contribution in [1.29, 1.82) is 5.41 Å². The van der Waals surface area contributed by atoms with Crippen molar-refractivity contribution in [3.05, 3.63) is 0 Å². The summed E-state index contributed by atoms with van der Waals surface area (Å²) < 4.78 is 5.36. The first-order valence-corrected chi connectivity index (χ1v) is 6.89. The Bertz CT molecular complexity index is 262. The second kappa shape index (κ2) is 3.75. The van der Waals surface area contributed by atoms with Crippen molar-refractivity contribution in [2.45, 2.75) is 51.9 Å². The van der Waals surface area contributed by atoms with Crippen molar-refractivity contribution in [2.75, 3.05) is 6.61 Å². The highest BCUT2D eigenvalue weighted by Crippen LogP contribution is 2.61. The van der Waals surface area contributed by atoms with E-state index in [2.05, 4.69) is 0 Å². The molecule has 0 aromatic carbocycles. The van der Waals surface area contributed by atoms with Gasteiger partial charge in [0.05, 0.1) is 6.61 Å². The quantitative estimate of drug-likeness (QED) is 0.573. The molecule has 4 fully saturated rings. The van der Waals surface area contributed by atoms with Gasteiger partial charge in [-0.2, -0.15) is 0 Å². The Kier molecular flexibility index (Phi) is 2.49. The predicted molar refractivity (Wildman–Crippen MR) is 64.6 cm³/mol. The van der Waals surface area contributed by atoms with Crippen LogP contribution in [0.4, 0.5) is 0 Å². The van der Waals surface area contributed by atoms with Gasteiger partial charge in [0.1, 0.15) is 0 Å². The first-order valence-electron chi connectivity index (χ1n) is 6.89. The lowest BCUT2D eigenvalue weighted by Crippen LogP contribution is -2.47. The Morgan fingerprint density at radius 3 is 2.06 bits per heavy atom. The van der Waals surface area contributed by atoms with Gasteiger partial charge in [-0.25, -0.2) is 0 Å². The summed E-state index contributed by atoms with van der Waals surface area (Å²) in [7, 11) is 0. The molecule has 0 aromatic rings. The molecule has 0 spiro atoms. The molecule has 1 N–H and O–H groups in total. The smallest absolute Gasteiger partial charge is 0.180 e. The molecule has 0 amide bonds. The van der Waals surface area contributed by atoms with Gasteiger partial charge >= 0.3 is 0 Å². The number of hydrogen-bond donors (Lipinski definition) is 1. The highest BCUT2D eigenvalue weighted by Gasteiger charge is 2.51. The lowest BCUT2D eigenvalue weighted by Gasteiger charge is -2.56. The fraction of sp³-hybridized carbons (Fsp3) is 0.929. The van der Waals surface area contributed by atoms with E-state index in [1.54, 1.807) is 0 Å². The van der Waals surface area contributed by atoms with Crippen LogP contribution in [0.15, 0.2) is 0 Å². The lowest BCUT2D eigenvalue weighted by molar-refractivity contribution is -0.0506. The average Bonchev–Trinajstić information content (AvgIpc) is 2.13. The monoisotopic (exact) mass is 221 g/mol. The van der Waals surface area contributed by atoms with Crippen molar-refractivity contribution in [3.63, 3.8) is 0 Å². The van der Waals surface area contributed by atoms with Crippen LogP contribution in [-0.4, -0.2) is 12.5 Å². The van der Waals surface area contributed by atoms with Crippen molar-refractivity contribution < 1.29 is 4.74 Å². The molecule has 4 aliphatic rings. The van der Waals surface area contributed by atoms with Gasteiger partial charge in [-0.1, -0.05) is 0 Å². The van der Waals surface area contributed by atoms with Crippen molar-refractivity contribution in [1.82, 2.24) is 0 Å². The van der Waals surface area contributed by atoms with E-state index in [9.17, 15) is 0 Å². The van der Waals surface area contributed by atoms with Gasteiger partial charge in [0.25, 0.3) is 0 Å². The Labute approximate surface area is 98.3 Å². The van der Waals surface area contributed by atoms with Gasteiger partial charge in [-0.05, 0) is 68.6 Å². The molecular weight excluding hydrogens is 198 g/mol. The van der Waals surface area contributed by atoms with Gasteiger partial charge in [0, 0.05) is 6.42 Å². The maximum Gasteiger partial charge on any atom is 0.180 e. The van der Waals surface area contributed by atoms with Crippen LogP contribution in [0.3, 0.4) is 0 Å². The summed E-state index contributed by atoms with van der Waals surface area (Å²) in [6, 6.07) is 0. The Hall–Kier alpha value is -0.530. The third kappa shape index (κ3) is 1.76. The number of hydrogen-bond acceptors (Lipinski definition) is 2. The minimum absolute atomic E-state index is 0.473. The average molecular weight is 221 g/mol. The number of nitrogens with one attached hydrogen (secondary N) is 1. The molecule has 0 saturated heterocycles. The van der Waals surface area contributed by atoms with Crippen molar-refractivity contribution in [3.8, 4) is 0 Å². The summed E-state index contributed by atoms with van der Waals surface area (Å²) in [4.78, 5) is 0. The van der Waals surface area contributed by atoms with Crippen LogP contribution in [0, 0.1) is 28.6 Å². The molecule has 4 bridgehead atoms. The highest BCUT2D eigenvalue weighted by molar-refractivity contribution is 5.73. The molecule has 2 heteroatoms. The van der Waals surface area contributed by atoms with Gasteiger partial charge in [0.15, 0.2) is 5.90 Å². The van der Waals surface area contributed by atoms with Crippen molar-refractivity contribution in [2.24, 2.45) is 23.2 Å². The van der Waals surface area contributed by atoms with Gasteiger partial charge in [0.2, 0.25) is 0 Å². The summed E-state index contributed by atoms with van der Waals surface area (Å²) >= 11 is 0. The number of ether oxygens (including phenoxy) is 1. The molecule has 0 aromatic heterocycles. The second-order valence-electron chi connectivity index (χ2n) is 6.45. The largest absolute Gasteiger partial charge is 0.481 e. The zero-order valence-corrected chi connectivity index (χ0v) is 10.3. The molecule has 0 heterocycles.